The normalized spacial score (nSPS) is 27.5. The van der Waals surface area contributed by atoms with Crippen LogP contribution in [-0.2, 0) is 5.60 Å². The van der Waals surface area contributed by atoms with Crippen molar-refractivity contribution in [2.45, 2.75) is 46.3 Å². The Balaban J connectivity index is 1.48. The van der Waals surface area contributed by atoms with E-state index in [1.165, 1.54) is 5.69 Å². The Kier molecular flexibility index (Phi) is 5.47. The molecule has 2 fully saturated rings. The second kappa shape index (κ2) is 7.72. The number of hydrogen-bond donors (Lipinski definition) is 2. The molecule has 1 aliphatic carbocycles. The molecule has 2 aliphatic rings. The summed E-state index contributed by atoms with van der Waals surface area (Å²) in [4.78, 5) is 4.98. The third-order valence-corrected chi connectivity index (χ3v) is 7.71. The van der Waals surface area contributed by atoms with Crippen molar-refractivity contribution >= 4 is 5.69 Å². The lowest BCUT2D eigenvalue weighted by atomic mass is 9.39. The summed E-state index contributed by atoms with van der Waals surface area (Å²) in [5, 5.41) is 21.6. The van der Waals surface area contributed by atoms with E-state index in [-0.39, 0.29) is 22.6 Å². The van der Waals surface area contributed by atoms with Crippen molar-refractivity contribution in [3.63, 3.8) is 0 Å². The maximum absolute atomic E-state index is 11.9. The molecule has 5 heteroatoms. The molecule has 5 nitrogen and oxygen atoms in total. The SMILES string of the molecule is CCOc1ccc(N2CCN(C3C(C)(C)C(O)(c4ccc(O)cc4)C3(C)C)CC2)cc1. The smallest absolute Gasteiger partial charge is 0.119 e. The van der Waals surface area contributed by atoms with Crippen LogP contribution in [0.2, 0.25) is 0 Å². The highest BCUT2D eigenvalue weighted by molar-refractivity contribution is 5.49. The van der Waals surface area contributed by atoms with E-state index in [1.807, 2.05) is 31.2 Å². The molecule has 31 heavy (non-hydrogen) atoms. The van der Waals surface area contributed by atoms with E-state index in [2.05, 4.69) is 49.6 Å². The first-order valence-electron chi connectivity index (χ1n) is 11.4. The zero-order valence-electron chi connectivity index (χ0n) is 19.4. The largest absolute Gasteiger partial charge is 0.508 e. The minimum absolute atomic E-state index is 0.226. The van der Waals surface area contributed by atoms with Crippen LogP contribution in [0.3, 0.4) is 0 Å². The van der Waals surface area contributed by atoms with E-state index < -0.39 is 5.60 Å². The van der Waals surface area contributed by atoms with Gasteiger partial charge in [0, 0.05) is 48.7 Å². The highest BCUT2D eigenvalue weighted by Gasteiger charge is 2.73. The van der Waals surface area contributed by atoms with Crippen molar-refractivity contribution in [3.8, 4) is 11.5 Å². The van der Waals surface area contributed by atoms with Gasteiger partial charge in [-0.05, 0) is 48.9 Å². The van der Waals surface area contributed by atoms with Crippen LogP contribution in [0.1, 0.15) is 40.2 Å². The number of phenolic OH excluding ortho intramolecular Hbond substituents is 1. The zero-order valence-corrected chi connectivity index (χ0v) is 19.4. The molecule has 0 bridgehead atoms. The van der Waals surface area contributed by atoms with Gasteiger partial charge < -0.3 is 19.8 Å². The summed E-state index contributed by atoms with van der Waals surface area (Å²) in [6, 6.07) is 15.7. The summed E-state index contributed by atoms with van der Waals surface area (Å²) < 4.78 is 5.56. The number of benzene rings is 2. The lowest BCUT2D eigenvalue weighted by Crippen LogP contribution is -2.79. The molecule has 0 radical (unpaired) electrons. The van der Waals surface area contributed by atoms with Crippen LogP contribution in [0.15, 0.2) is 48.5 Å². The first-order chi connectivity index (χ1) is 14.6. The van der Waals surface area contributed by atoms with Crippen molar-refractivity contribution in [2.24, 2.45) is 10.8 Å². The van der Waals surface area contributed by atoms with Gasteiger partial charge in [-0.25, -0.2) is 0 Å². The summed E-state index contributed by atoms with van der Waals surface area (Å²) in [7, 11) is 0. The second-order valence-corrected chi connectivity index (χ2v) is 10.1. The summed E-state index contributed by atoms with van der Waals surface area (Å²) in [5.74, 6) is 1.14. The number of aliphatic hydroxyl groups is 1. The van der Waals surface area contributed by atoms with E-state index in [0.29, 0.717) is 6.61 Å². The predicted octanol–water partition coefficient (Wildman–Crippen LogP) is 4.24. The maximum atomic E-state index is 11.9. The number of nitrogens with zero attached hydrogens (tertiary/aromatic N) is 2. The van der Waals surface area contributed by atoms with E-state index in [9.17, 15) is 10.2 Å². The first kappa shape index (κ1) is 22.0. The molecule has 4 rings (SSSR count). The Hall–Kier alpha value is -2.24. The van der Waals surface area contributed by atoms with Gasteiger partial charge in [0.15, 0.2) is 0 Å². The molecule has 1 heterocycles. The Morgan fingerprint density at radius 3 is 1.94 bits per heavy atom. The highest BCUT2D eigenvalue weighted by atomic mass is 16.5. The topological polar surface area (TPSA) is 56.2 Å². The molecule has 0 amide bonds. The average molecular weight is 425 g/mol. The number of aromatic hydroxyl groups is 1. The monoisotopic (exact) mass is 424 g/mol. The number of hydrogen-bond acceptors (Lipinski definition) is 5. The minimum atomic E-state index is -0.954. The van der Waals surface area contributed by atoms with Crippen LogP contribution in [0.5, 0.6) is 11.5 Å². The fraction of sp³-hybridized carbons (Fsp3) is 0.538. The number of ether oxygens (including phenoxy) is 1. The molecule has 0 unspecified atom stereocenters. The van der Waals surface area contributed by atoms with E-state index in [4.69, 9.17) is 4.74 Å². The number of rotatable bonds is 5. The molecule has 2 aromatic carbocycles. The highest BCUT2D eigenvalue weighted by Crippen LogP contribution is 2.68. The Morgan fingerprint density at radius 1 is 0.871 bits per heavy atom. The van der Waals surface area contributed by atoms with Gasteiger partial charge in [-0.1, -0.05) is 39.8 Å². The van der Waals surface area contributed by atoms with E-state index >= 15 is 0 Å². The molecular weight excluding hydrogens is 388 g/mol. The van der Waals surface area contributed by atoms with Gasteiger partial charge in [0.05, 0.1) is 6.61 Å². The average Bonchev–Trinajstić information content (AvgIpc) is 2.74. The van der Waals surface area contributed by atoms with Gasteiger partial charge in [0.25, 0.3) is 0 Å². The second-order valence-electron chi connectivity index (χ2n) is 10.1. The van der Waals surface area contributed by atoms with Crippen molar-refractivity contribution < 1.29 is 14.9 Å². The van der Waals surface area contributed by atoms with Gasteiger partial charge in [-0.15, -0.1) is 0 Å². The standard InChI is InChI=1S/C26H36N2O3/c1-6-31-22-13-9-20(10-14-22)27-15-17-28(18-16-27)23-24(2,3)26(30,25(23,4)5)19-7-11-21(29)12-8-19/h7-14,23,29-30H,6,15-18H2,1-5H3. The summed E-state index contributed by atoms with van der Waals surface area (Å²) in [5.41, 5.74) is 0.536. The third-order valence-electron chi connectivity index (χ3n) is 7.71. The predicted molar refractivity (Wildman–Crippen MR) is 125 cm³/mol. The molecular formula is C26H36N2O3. The van der Waals surface area contributed by atoms with Gasteiger partial charge in [0.1, 0.15) is 17.1 Å². The molecule has 1 saturated heterocycles. The molecule has 0 aromatic heterocycles. The number of piperazine rings is 1. The molecule has 2 aromatic rings. The zero-order chi connectivity index (χ0) is 22.4. The minimum Gasteiger partial charge on any atom is -0.508 e. The fourth-order valence-corrected chi connectivity index (χ4v) is 6.57. The first-order valence-corrected chi connectivity index (χ1v) is 11.4. The van der Waals surface area contributed by atoms with Crippen LogP contribution in [-0.4, -0.2) is 53.9 Å². The van der Waals surface area contributed by atoms with Crippen LogP contribution < -0.4 is 9.64 Å². The molecule has 1 aliphatic heterocycles. The fourth-order valence-electron chi connectivity index (χ4n) is 6.57. The Labute approximate surface area is 186 Å². The molecule has 0 spiro atoms. The van der Waals surface area contributed by atoms with Gasteiger partial charge in [-0.2, -0.15) is 0 Å². The third kappa shape index (κ3) is 3.30. The van der Waals surface area contributed by atoms with Gasteiger partial charge in [0.2, 0.25) is 0 Å². The van der Waals surface area contributed by atoms with Crippen LogP contribution in [0, 0.1) is 10.8 Å². The number of phenols is 1. The molecule has 2 N–H and O–H groups in total. The summed E-state index contributed by atoms with van der Waals surface area (Å²) in [6.07, 6.45) is 0. The number of anilines is 1. The molecule has 1 saturated carbocycles. The lowest BCUT2D eigenvalue weighted by molar-refractivity contribution is -0.307. The Morgan fingerprint density at radius 2 is 1.42 bits per heavy atom. The quantitative estimate of drug-likeness (QED) is 0.752. The molecule has 168 valence electrons. The van der Waals surface area contributed by atoms with Crippen LogP contribution in [0.25, 0.3) is 0 Å². The summed E-state index contributed by atoms with van der Waals surface area (Å²) >= 11 is 0. The summed E-state index contributed by atoms with van der Waals surface area (Å²) in [6.45, 7) is 15.3. The van der Waals surface area contributed by atoms with Crippen LogP contribution in [0.4, 0.5) is 5.69 Å². The van der Waals surface area contributed by atoms with Crippen molar-refractivity contribution in [2.75, 3.05) is 37.7 Å². The van der Waals surface area contributed by atoms with Crippen molar-refractivity contribution in [3.05, 3.63) is 54.1 Å². The lowest BCUT2D eigenvalue weighted by Gasteiger charge is -2.72. The Bertz CT molecular complexity index is 881. The van der Waals surface area contributed by atoms with E-state index in [1.54, 1.807) is 12.1 Å². The van der Waals surface area contributed by atoms with Gasteiger partial charge in [-0.3, -0.25) is 4.90 Å². The van der Waals surface area contributed by atoms with Crippen molar-refractivity contribution in [1.29, 1.82) is 0 Å². The maximum Gasteiger partial charge on any atom is 0.119 e. The van der Waals surface area contributed by atoms with Gasteiger partial charge >= 0.3 is 0 Å². The van der Waals surface area contributed by atoms with E-state index in [0.717, 1.165) is 37.5 Å². The van der Waals surface area contributed by atoms with Crippen molar-refractivity contribution in [1.82, 2.24) is 4.90 Å². The van der Waals surface area contributed by atoms with Crippen LogP contribution >= 0.6 is 0 Å². The molecule has 0 atom stereocenters.